The van der Waals surface area contributed by atoms with Crippen molar-refractivity contribution in [3.8, 4) is 0 Å². The number of nitrogens with zero attached hydrogens (tertiary/aromatic N) is 5. The minimum atomic E-state index is -0.865. The topological polar surface area (TPSA) is 128 Å². The molecule has 2 aromatic rings. The Balaban J connectivity index is 1.38. The van der Waals surface area contributed by atoms with Crippen LogP contribution >= 0.6 is 11.3 Å². The zero-order valence-electron chi connectivity index (χ0n) is 23.7. The van der Waals surface area contributed by atoms with E-state index < -0.39 is 23.9 Å². The predicted molar refractivity (Wildman–Crippen MR) is 155 cm³/mol. The Hall–Kier alpha value is -3.84. The molecule has 2 unspecified atom stereocenters. The Morgan fingerprint density at radius 1 is 1.17 bits per heavy atom. The van der Waals surface area contributed by atoms with Gasteiger partial charge in [-0.3, -0.25) is 14.7 Å². The van der Waals surface area contributed by atoms with E-state index in [1.165, 1.54) is 17.4 Å². The second-order valence-electron chi connectivity index (χ2n) is 10.6. The number of amides is 2. The van der Waals surface area contributed by atoms with Crippen molar-refractivity contribution >= 4 is 35.1 Å². The van der Waals surface area contributed by atoms with Gasteiger partial charge in [0.1, 0.15) is 11.9 Å². The van der Waals surface area contributed by atoms with Crippen LogP contribution in [0.4, 0.5) is 9.18 Å². The summed E-state index contributed by atoms with van der Waals surface area (Å²) < 4.78 is 20.1. The van der Waals surface area contributed by atoms with Crippen LogP contribution in [0.5, 0.6) is 0 Å². The first-order valence-corrected chi connectivity index (χ1v) is 15.0. The maximum absolute atomic E-state index is 14.7. The van der Waals surface area contributed by atoms with Gasteiger partial charge in [-0.25, -0.2) is 19.0 Å². The maximum Gasteiger partial charge on any atom is 0.338 e. The SMILES string of the molecule is CCOC(=O)C1=C(CN2CCN(C(=O)N3CCCC(C(=O)O)C3)CC2)NC(c2nccs2)=NC1c1cccc(F)c1C. The molecule has 3 aliphatic heterocycles. The second kappa shape index (κ2) is 13.0. The molecular formula is C29H35FN6O5S. The van der Waals surface area contributed by atoms with Gasteiger partial charge in [-0.05, 0) is 43.9 Å². The fourth-order valence-corrected chi connectivity index (χ4v) is 6.23. The number of urea groups is 1. The van der Waals surface area contributed by atoms with E-state index in [0.29, 0.717) is 85.4 Å². The van der Waals surface area contributed by atoms with Gasteiger partial charge < -0.3 is 25.0 Å². The molecule has 0 saturated carbocycles. The Morgan fingerprint density at radius 2 is 1.95 bits per heavy atom. The Labute approximate surface area is 247 Å². The van der Waals surface area contributed by atoms with Crippen molar-refractivity contribution in [2.75, 3.05) is 52.4 Å². The van der Waals surface area contributed by atoms with E-state index in [-0.39, 0.29) is 25.0 Å². The normalized spacial score (nSPS) is 21.5. The minimum absolute atomic E-state index is 0.136. The lowest BCUT2D eigenvalue weighted by Gasteiger charge is -2.40. The molecule has 0 spiro atoms. The Morgan fingerprint density at radius 3 is 2.64 bits per heavy atom. The molecule has 2 saturated heterocycles. The number of carboxylic acids is 1. The zero-order valence-corrected chi connectivity index (χ0v) is 24.5. The number of likely N-dealkylation sites (tertiary alicyclic amines) is 1. The third-order valence-corrected chi connectivity index (χ3v) is 8.71. The molecule has 2 amide bonds. The number of piperidine rings is 1. The molecular weight excluding hydrogens is 563 g/mol. The number of esters is 1. The van der Waals surface area contributed by atoms with Crippen LogP contribution in [0.25, 0.3) is 0 Å². The number of thiazole rings is 1. The number of hydrogen-bond acceptors (Lipinski definition) is 9. The van der Waals surface area contributed by atoms with Gasteiger partial charge in [0.2, 0.25) is 0 Å². The number of carboxylic acid groups (broad SMARTS) is 1. The molecule has 1 aromatic carbocycles. The van der Waals surface area contributed by atoms with Gasteiger partial charge in [-0.2, -0.15) is 0 Å². The number of carbonyl (C=O) groups is 3. The molecule has 1 aromatic heterocycles. The highest BCUT2D eigenvalue weighted by Crippen LogP contribution is 2.35. The smallest absolute Gasteiger partial charge is 0.338 e. The van der Waals surface area contributed by atoms with Crippen molar-refractivity contribution in [3.63, 3.8) is 0 Å². The fourth-order valence-electron chi connectivity index (χ4n) is 5.64. The number of hydrogen-bond donors (Lipinski definition) is 2. The average molecular weight is 599 g/mol. The molecule has 0 aliphatic carbocycles. The summed E-state index contributed by atoms with van der Waals surface area (Å²) in [6, 6.07) is 3.83. The summed E-state index contributed by atoms with van der Waals surface area (Å²) in [5.41, 5.74) is 1.89. The van der Waals surface area contributed by atoms with E-state index >= 15 is 0 Å². The summed E-state index contributed by atoms with van der Waals surface area (Å²) in [5.74, 6) is -1.81. The standard InChI is InChI=1S/C29H35FN6O5S/c1-3-41-28(39)23-22(17-34-11-13-35(14-12-34)29(40)36-10-5-6-19(16-36)27(37)38)32-25(26-31-9-15-42-26)33-24(23)20-7-4-8-21(30)18(20)2/h4,7-9,15,19,24H,3,5-6,10-14,16-17H2,1-2H3,(H,32,33)(H,37,38). The highest BCUT2D eigenvalue weighted by Gasteiger charge is 2.36. The lowest BCUT2D eigenvalue weighted by Crippen LogP contribution is -2.55. The molecule has 2 fully saturated rings. The molecule has 42 heavy (non-hydrogen) atoms. The monoisotopic (exact) mass is 598 g/mol. The quantitative estimate of drug-likeness (QED) is 0.466. The summed E-state index contributed by atoms with van der Waals surface area (Å²) in [5, 5.41) is 15.2. The number of benzene rings is 1. The van der Waals surface area contributed by atoms with Crippen molar-refractivity contribution in [1.82, 2.24) is 25.0 Å². The third-order valence-electron chi connectivity index (χ3n) is 7.93. The van der Waals surface area contributed by atoms with Gasteiger partial charge in [0.15, 0.2) is 10.8 Å². The van der Waals surface area contributed by atoms with Gasteiger partial charge in [-0.15, -0.1) is 11.3 Å². The number of piperazine rings is 1. The second-order valence-corrected chi connectivity index (χ2v) is 11.5. The summed E-state index contributed by atoms with van der Waals surface area (Å²) in [4.78, 5) is 52.8. The van der Waals surface area contributed by atoms with E-state index in [0.717, 1.165) is 0 Å². The molecule has 3 aliphatic rings. The lowest BCUT2D eigenvalue weighted by molar-refractivity contribution is -0.143. The van der Waals surface area contributed by atoms with Crippen LogP contribution in [0.2, 0.25) is 0 Å². The number of aliphatic imine (C=N–C) groups is 1. The lowest BCUT2D eigenvalue weighted by atomic mass is 9.92. The molecule has 0 radical (unpaired) electrons. The van der Waals surface area contributed by atoms with Crippen molar-refractivity contribution in [2.45, 2.75) is 32.7 Å². The predicted octanol–water partition coefficient (Wildman–Crippen LogP) is 3.03. The number of aromatic nitrogens is 1. The third kappa shape index (κ3) is 6.31. The summed E-state index contributed by atoms with van der Waals surface area (Å²) >= 11 is 1.40. The highest BCUT2D eigenvalue weighted by atomic mass is 32.1. The van der Waals surface area contributed by atoms with E-state index in [9.17, 15) is 23.9 Å². The van der Waals surface area contributed by atoms with Crippen LogP contribution in [0.3, 0.4) is 0 Å². The number of carbonyl (C=O) groups excluding carboxylic acids is 2. The van der Waals surface area contributed by atoms with Crippen molar-refractivity contribution in [3.05, 3.63) is 63.0 Å². The molecule has 2 N–H and O–H groups in total. The Bertz CT molecular complexity index is 1390. The molecule has 5 rings (SSSR count). The Kier molecular flexibility index (Phi) is 9.17. The van der Waals surface area contributed by atoms with Crippen LogP contribution in [0.1, 0.15) is 41.9 Å². The number of nitrogens with one attached hydrogen (secondary N) is 1. The van der Waals surface area contributed by atoms with Gasteiger partial charge in [0.25, 0.3) is 0 Å². The molecule has 224 valence electrons. The molecule has 2 atom stereocenters. The fraction of sp³-hybridized carbons (Fsp3) is 0.483. The number of ether oxygens (including phenoxy) is 1. The van der Waals surface area contributed by atoms with Crippen LogP contribution in [0, 0.1) is 18.7 Å². The van der Waals surface area contributed by atoms with Gasteiger partial charge in [0.05, 0.1) is 18.1 Å². The maximum atomic E-state index is 14.7. The minimum Gasteiger partial charge on any atom is -0.481 e. The van der Waals surface area contributed by atoms with E-state index in [4.69, 9.17) is 9.73 Å². The number of aliphatic carboxylic acids is 1. The number of rotatable bonds is 7. The average Bonchev–Trinajstić information content (AvgIpc) is 3.54. The first-order chi connectivity index (χ1) is 20.3. The highest BCUT2D eigenvalue weighted by molar-refractivity contribution is 7.11. The van der Waals surface area contributed by atoms with Crippen LogP contribution in [0.15, 0.2) is 46.0 Å². The first kappa shape index (κ1) is 29.6. The molecule has 13 heteroatoms. The number of amidine groups is 1. The van der Waals surface area contributed by atoms with Crippen molar-refractivity contribution in [1.29, 1.82) is 0 Å². The molecule has 4 heterocycles. The van der Waals surface area contributed by atoms with Crippen LogP contribution in [-0.4, -0.2) is 101 Å². The summed E-state index contributed by atoms with van der Waals surface area (Å²) in [7, 11) is 0. The van der Waals surface area contributed by atoms with Crippen LogP contribution < -0.4 is 5.32 Å². The first-order valence-electron chi connectivity index (χ1n) is 14.2. The largest absolute Gasteiger partial charge is 0.481 e. The van der Waals surface area contributed by atoms with Gasteiger partial charge in [-0.1, -0.05) is 12.1 Å². The van der Waals surface area contributed by atoms with E-state index in [2.05, 4.69) is 15.2 Å². The number of halogens is 1. The molecule has 0 bridgehead atoms. The molecule has 11 nitrogen and oxygen atoms in total. The van der Waals surface area contributed by atoms with Crippen molar-refractivity contribution < 1.29 is 28.6 Å². The van der Waals surface area contributed by atoms with E-state index in [1.54, 1.807) is 42.0 Å². The van der Waals surface area contributed by atoms with E-state index in [1.807, 2.05) is 5.38 Å². The summed E-state index contributed by atoms with van der Waals surface area (Å²) in [6.07, 6.45) is 2.93. The van der Waals surface area contributed by atoms with Gasteiger partial charge >= 0.3 is 18.0 Å². The van der Waals surface area contributed by atoms with Crippen LogP contribution in [-0.2, 0) is 14.3 Å². The van der Waals surface area contributed by atoms with Gasteiger partial charge in [0, 0.05) is 63.1 Å². The van der Waals surface area contributed by atoms with Crippen molar-refractivity contribution in [2.24, 2.45) is 10.9 Å². The summed E-state index contributed by atoms with van der Waals surface area (Å²) in [6.45, 7) is 6.76. The zero-order chi connectivity index (χ0) is 29.8.